The summed E-state index contributed by atoms with van der Waals surface area (Å²) in [6.45, 7) is 9.16. The number of benzene rings is 1. The molecule has 1 aliphatic rings. The Bertz CT molecular complexity index is 577. The summed E-state index contributed by atoms with van der Waals surface area (Å²) in [6, 6.07) is 6.36. The Kier molecular flexibility index (Phi) is 3.18. The molecule has 0 bridgehead atoms. The Morgan fingerprint density at radius 1 is 1.21 bits per heavy atom. The van der Waals surface area contributed by atoms with Gasteiger partial charge in [-0.3, -0.25) is 0 Å². The van der Waals surface area contributed by atoms with E-state index in [0.717, 1.165) is 0 Å². The molecule has 1 aromatic carbocycles. The summed E-state index contributed by atoms with van der Waals surface area (Å²) < 4.78 is 27.0. The molecule has 1 aromatic rings. The third kappa shape index (κ3) is 2.37. The van der Waals surface area contributed by atoms with Crippen LogP contribution in [0.4, 0.5) is 5.69 Å². The summed E-state index contributed by atoms with van der Waals surface area (Å²) in [5.41, 5.74) is 6.41. The summed E-state index contributed by atoms with van der Waals surface area (Å²) in [5, 5.41) is 0. The van der Waals surface area contributed by atoms with Gasteiger partial charge in [-0.15, -0.1) is 0 Å². The number of hydrogen-bond donors (Lipinski definition) is 2. The summed E-state index contributed by atoms with van der Waals surface area (Å²) >= 11 is 0. The van der Waals surface area contributed by atoms with Crippen molar-refractivity contribution in [1.29, 1.82) is 0 Å². The molecule has 5 heteroatoms. The zero-order valence-electron chi connectivity index (χ0n) is 11.9. The van der Waals surface area contributed by atoms with Gasteiger partial charge in [0.25, 0.3) is 0 Å². The van der Waals surface area contributed by atoms with Crippen molar-refractivity contribution in [3.05, 3.63) is 24.3 Å². The Balaban J connectivity index is 2.08. The highest BCUT2D eigenvalue weighted by Crippen LogP contribution is 2.67. The van der Waals surface area contributed by atoms with E-state index in [1.807, 2.05) is 0 Å². The van der Waals surface area contributed by atoms with E-state index in [1.165, 1.54) is 6.07 Å². The molecule has 0 heterocycles. The smallest absolute Gasteiger partial charge is 0.240 e. The highest BCUT2D eigenvalue weighted by molar-refractivity contribution is 7.89. The molecule has 0 amide bonds. The normalized spacial score (nSPS) is 21.3. The summed E-state index contributed by atoms with van der Waals surface area (Å²) in [4.78, 5) is 0.226. The van der Waals surface area contributed by atoms with Crippen LogP contribution in [-0.2, 0) is 10.0 Å². The number of anilines is 1. The van der Waals surface area contributed by atoms with Crippen molar-refractivity contribution >= 4 is 15.7 Å². The largest absolute Gasteiger partial charge is 0.399 e. The van der Waals surface area contributed by atoms with E-state index in [1.54, 1.807) is 18.2 Å². The van der Waals surface area contributed by atoms with E-state index < -0.39 is 10.0 Å². The topological polar surface area (TPSA) is 72.2 Å². The second kappa shape index (κ2) is 4.21. The molecule has 0 radical (unpaired) electrons. The molecule has 0 atom stereocenters. The Labute approximate surface area is 115 Å². The minimum Gasteiger partial charge on any atom is -0.399 e. The second-order valence-electron chi connectivity index (χ2n) is 6.42. The van der Waals surface area contributed by atoms with Crippen LogP contribution in [0, 0.1) is 16.7 Å². The molecule has 0 saturated heterocycles. The fourth-order valence-electron chi connectivity index (χ4n) is 2.80. The first-order valence-electron chi connectivity index (χ1n) is 6.44. The fraction of sp³-hybridized carbons (Fsp3) is 0.571. The van der Waals surface area contributed by atoms with Crippen molar-refractivity contribution in [2.45, 2.75) is 32.6 Å². The van der Waals surface area contributed by atoms with Crippen LogP contribution in [0.25, 0.3) is 0 Å². The summed E-state index contributed by atoms with van der Waals surface area (Å²) in [6.07, 6.45) is 0. The molecular formula is C14H22N2O2S. The van der Waals surface area contributed by atoms with Crippen molar-refractivity contribution in [3.8, 4) is 0 Å². The Hall–Kier alpha value is -1.07. The molecule has 3 N–H and O–H groups in total. The van der Waals surface area contributed by atoms with Crippen molar-refractivity contribution in [2.24, 2.45) is 16.7 Å². The van der Waals surface area contributed by atoms with Gasteiger partial charge in [0, 0.05) is 12.2 Å². The van der Waals surface area contributed by atoms with E-state index >= 15 is 0 Å². The molecule has 106 valence electrons. The lowest BCUT2D eigenvalue weighted by Crippen LogP contribution is -2.27. The van der Waals surface area contributed by atoms with Crippen molar-refractivity contribution in [3.63, 3.8) is 0 Å². The third-order valence-corrected chi connectivity index (χ3v) is 6.39. The molecule has 19 heavy (non-hydrogen) atoms. The highest BCUT2D eigenvalue weighted by atomic mass is 32.2. The van der Waals surface area contributed by atoms with Gasteiger partial charge in [-0.1, -0.05) is 33.8 Å². The van der Waals surface area contributed by atoms with Crippen LogP contribution in [0.3, 0.4) is 0 Å². The van der Waals surface area contributed by atoms with Gasteiger partial charge in [0.05, 0.1) is 4.90 Å². The lowest BCUT2D eigenvalue weighted by molar-refractivity contribution is 0.457. The van der Waals surface area contributed by atoms with Crippen LogP contribution in [0.5, 0.6) is 0 Å². The van der Waals surface area contributed by atoms with Crippen LogP contribution in [0.15, 0.2) is 29.2 Å². The van der Waals surface area contributed by atoms with Crippen LogP contribution < -0.4 is 10.5 Å². The van der Waals surface area contributed by atoms with Gasteiger partial charge in [0.2, 0.25) is 10.0 Å². The molecule has 2 rings (SSSR count). The lowest BCUT2D eigenvalue weighted by Gasteiger charge is -2.08. The standard InChI is InChI=1S/C14H22N2O2S/c1-13(2)12(14(13,3)4)9-16-19(17,18)11-7-5-6-10(15)8-11/h5-8,12,16H,9,15H2,1-4H3. The average molecular weight is 282 g/mol. The summed E-state index contributed by atoms with van der Waals surface area (Å²) in [5.74, 6) is 0.357. The van der Waals surface area contributed by atoms with Gasteiger partial charge in [0.15, 0.2) is 0 Å². The van der Waals surface area contributed by atoms with Gasteiger partial charge in [0.1, 0.15) is 0 Å². The summed E-state index contributed by atoms with van der Waals surface area (Å²) in [7, 11) is -3.47. The molecule has 0 spiro atoms. The first-order chi connectivity index (χ1) is 8.59. The van der Waals surface area contributed by atoms with Crippen molar-refractivity contribution < 1.29 is 8.42 Å². The molecule has 1 aliphatic carbocycles. The van der Waals surface area contributed by atoms with Gasteiger partial charge >= 0.3 is 0 Å². The number of nitrogens with two attached hydrogens (primary N) is 1. The van der Waals surface area contributed by atoms with Gasteiger partial charge in [-0.05, 0) is 34.9 Å². The lowest BCUT2D eigenvalue weighted by atomic mass is 10.0. The molecule has 0 aromatic heterocycles. The molecule has 1 fully saturated rings. The minimum absolute atomic E-state index is 0.172. The average Bonchev–Trinajstić information content (AvgIpc) is 2.67. The van der Waals surface area contributed by atoms with E-state index in [-0.39, 0.29) is 15.7 Å². The van der Waals surface area contributed by atoms with Gasteiger partial charge in [-0.25, -0.2) is 13.1 Å². The second-order valence-corrected chi connectivity index (χ2v) is 8.19. The zero-order valence-corrected chi connectivity index (χ0v) is 12.7. The number of nitrogens with one attached hydrogen (secondary N) is 1. The third-order valence-electron chi connectivity index (χ3n) is 4.97. The SMILES string of the molecule is CC1(C)C(CNS(=O)(=O)c2cccc(N)c2)C1(C)C. The van der Waals surface area contributed by atoms with Crippen LogP contribution >= 0.6 is 0 Å². The minimum atomic E-state index is -3.47. The first-order valence-corrected chi connectivity index (χ1v) is 7.92. The molecule has 0 aliphatic heterocycles. The van der Waals surface area contributed by atoms with Crippen LogP contribution in [0.1, 0.15) is 27.7 Å². The van der Waals surface area contributed by atoms with Crippen molar-refractivity contribution in [1.82, 2.24) is 4.72 Å². The van der Waals surface area contributed by atoms with Crippen LogP contribution in [0.2, 0.25) is 0 Å². The Morgan fingerprint density at radius 2 is 1.79 bits per heavy atom. The predicted molar refractivity (Wildman–Crippen MR) is 77.1 cm³/mol. The van der Waals surface area contributed by atoms with Gasteiger partial charge < -0.3 is 5.73 Å². The quantitative estimate of drug-likeness (QED) is 0.832. The number of nitrogen functional groups attached to an aromatic ring is 1. The van der Waals surface area contributed by atoms with Gasteiger partial charge in [-0.2, -0.15) is 0 Å². The van der Waals surface area contributed by atoms with E-state index in [9.17, 15) is 8.42 Å². The molecule has 4 nitrogen and oxygen atoms in total. The molecule has 0 unspecified atom stereocenters. The predicted octanol–water partition coefficient (Wildman–Crippen LogP) is 2.23. The number of rotatable bonds is 4. The molecular weight excluding hydrogens is 260 g/mol. The maximum atomic E-state index is 12.2. The van der Waals surface area contributed by atoms with E-state index in [0.29, 0.717) is 18.2 Å². The van der Waals surface area contributed by atoms with E-state index in [2.05, 4.69) is 32.4 Å². The van der Waals surface area contributed by atoms with Crippen LogP contribution in [-0.4, -0.2) is 15.0 Å². The van der Waals surface area contributed by atoms with E-state index in [4.69, 9.17) is 5.73 Å². The zero-order chi connectivity index (χ0) is 14.5. The maximum absolute atomic E-state index is 12.2. The first kappa shape index (κ1) is 14.3. The number of sulfonamides is 1. The van der Waals surface area contributed by atoms with Crippen molar-refractivity contribution in [2.75, 3.05) is 12.3 Å². The monoisotopic (exact) mass is 282 g/mol. The number of hydrogen-bond acceptors (Lipinski definition) is 3. The maximum Gasteiger partial charge on any atom is 0.240 e. The fourth-order valence-corrected chi connectivity index (χ4v) is 3.90. The highest BCUT2D eigenvalue weighted by Gasteiger charge is 2.64. The molecule has 1 saturated carbocycles. The Morgan fingerprint density at radius 3 is 2.26 bits per heavy atom.